The number of halogens is 2. The summed E-state index contributed by atoms with van der Waals surface area (Å²) in [5, 5.41) is 0. The van der Waals surface area contributed by atoms with Crippen LogP contribution in [0.2, 0.25) is 0 Å². The van der Waals surface area contributed by atoms with Crippen LogP contribution in [-0.4, -0.2) is 0 Å². The topological polar surface area (TPSA) is 0 Å². The molecule has 25 heavy (non-hydrogen) atoms. The van der Waals surface area contributed by atoms with Crippen LogP contribution in [0.15, 0.2) is 91.0 Å². The molecule has 0 atom stereocenters. The summed E-state index contributed by atoms with van der Waals surface area (Å²) in [6.07, 6.45) is 0. The molecular weight excluding hydrogens is 739 g/mol. The molecule has 0 saturated carbocycles. The second-order valence-electron chi connectivity index (χ2n) is 5.50. The minimum absolute atomic E-state index is 0. The van der Waals surface area contributed by atoms with Gasteiger partial charge in [0.15, 0.2) is 0 Å². The van der Waals surface area contributed by atoms with Gasteiger partial charge >= 0.3 is 27.7 Å². The van der Waals surface area contributed by atoms with Gasteiger partial charge in [0, 0.05) is 27.6 Å². The van der Waals surface area contributed by atoms with Crippen molar-refractivity contribution in [3.8, 4) is 0 Å². The van der Waals surface area contributed by atoms with Gasteiger partial charge in [0.25, 0.3) is 0 Å². The first-order valence-corrected chi connectivity index (χ1v) is 9.39. The molecule has 0 bridgehead atoms. The van der Waals surface area contributed by atoms with Crippen LogP contribution in [-0.2, 0) is 55.8 Å². The summed E-state index contributed by atoms with van der Waals surface area (Å²) in [5.74, 6) is 3.47. The standard InChI is InChI=1S/C21H21S.Hg.2HI/c1-4-10-19(11-5-1)16-22(17-20-12-6-2-7-13-20)18-21-14-8-3-9-15-21;;;/h1-15H,16-18H2;;2*1H/q+1;+2;;/p-2. The quantitative estimate of drug-likeness (QED) is 0.176. The minimum atomic E-state index is 0. The van der Waals surface area contributed by atoms with Crippen LogP contribution < -0.4 is 48.0 Å². The van der Waals surface area contributed by atoms with E-state index < -0.39 is 0 Å². The molecule has 3 aromatic carbocycles. The largest absolute Gasteiger partial charge is 2.00 e. The van der Waals surface area contributed by atoms with E-state index in [2.05, 4.69) is 91.0 Å². The number of rotatable bonds is 6. The van der Waals surface area contributed by atoms with Crippen molar-refractivity contribution in [3.63, 3.8) is 0 Å². The molecule has 0 N–H and O–H groups in total. The number of hydrogen-bond donors (Lipinski definition) is 0. The first-order valence-electron chi connectivity index (χ1n) is 7.66. The van der Waals surface area contributed by atoms with Crippen molar-refractivity contribution in [2.24, 2.45) is 0 Å². The molecule has 126 valence electrons. The summed E-state index contributed by atoms with van der Waals surface area (Å²) in [5.41, 5.74) is 4.33. The smallest absolute Gasteiger partial charge is 1.00 e. The molecule has 3 aromatic rings. The zero-order valence-electron chi connectivity index (χ0n) is 14.2. The third kappa shape index (κ3) is 9.24. The Morgan fingerprint density at radius 1 is 0.440 bits per heavy atom. The second kappa shape index (κ2) is 14.5. The van der Waals surface area contributed by atoms with E-state index in [1.807, 2.05) is 0 Å². The summed E-state index contributed by atoms with van der Waals surface area (Å²) in [6.45, 7) is 0. The van der Waals surface area contributed by atoms with Crippen LogP contribution >= 0.6 is 0 Å². The molecule has 0 aliphatic rings. The van der Waals surface area contributed by atoms with Crippen molar-refractivity contribution in [2.45, 2.75) is 17.3 Å². The summed E-state index contributed by atoms with van der Waals surface area (Å²) in [7, 11) is 0.323. The Kier molecular flexibility index (Phi) is 14.7. The minimum Gasteiger partial charge on any atom is -1.00 e. The van der Waals surface area contributed by atoms with E-state index in [1.54, 1.807) is 0 Å². The van der Waals surface area contributed by atoms with Crippen LogP contribution in [0.3, 0.4) is 0 Å². The molecule has 3 rings (SSSR count). The molecule has 0 nitrogen and oxygen atoms in total. The first-order chi connectivity index (χ1) is 10.9. The maximum absolute atomic E-state index is 2.25. The Hall–Kier alpha value is 0.405. The molecule has 0 spiro atoms. The Labute approximate surface area is 209 Å². The molecule has 0 unspecified atom stereocenters. The Balaban J connectivity index is 0.00000192. The van der Waals surface area contributed by atoms with E-state index in [1.165, 1.54) is 16.7 Å². The van der Waals surface area contributed by atoms with E-state index >= 15 is 0 Å². The van der Waals surface area contributed by atoms with Crippen molar-refractivity contribution in [1.29, 1.82) is 0 Å². The van der Waals surface area contributed by atoms with E-state index in [-0.39, 0.29) is 75.6 Å². The molecule has 0 aromatic heterocycles. The van der Waals surface area contributed by atoms with Crippen LogP contribution in [0.5, 0.6) is 0 Å². The monoisotopic (exact) mass is 761 g/mol. The summed E-state index contributed by atoms with van der Waals surface area (Å²) in [6, 6.07) is 32.6. The molecule has 0 fully saturated rings. The van der Waals surface area contributed by atoms with Gasteiger partial charge in [-0.3, -0.25) is 0 Å². The normalized spacial score (nSPS) is 9.48. The van der Waals surface area contributed by atoms with Crippen LogP contribution in [0.1, 0.15) is 16.7 Å². The van der Waals surface area contributed by atoms with Crippen LogP contribution in [0.25, 0.3) is 0 Å². The van der Waals surface area contributed by atoms with E-state index in [9.17, 15) is 0 Å². The zero-order chi connectivity index (χ0) is 15.0. The molecule has 0 heterocycles. The fraction of sp³-hybridized carbons (Fsp3) is 0.143. The predicted molar refractivity (Wildman–Crippen MR) is 97.8 cm³/mol. The fourth-order valence-electron chi connectivity index (χ4n) is 2.58. The van der Waals surface area contributed by atoms with Gasteiger partial charge in [-0.2, -0.15) is 0 Å². The molecular formula is C21H21HgI2S+. The van der Waals surface area contributed by atoms with Gasteiger partial charge in [-0.05, 0) is 0 Å². The van der Waals surface area contributed by atoms with Gasteiger partial charge in [-0.1, -0.05) is 91.0 Å². The Bertz CT molecular complexity index is 579. The van der Waals surface area contributed by atoms with Crippen molar-refractivity contribution in [1.82, 2.24) is 0 Å². The molecule has 0 radical (unpaired) electrons. The number of benzene rings is 3. The van der Waals surface area contributed by atoms with Gasteiger partial charge in [0.2, 0.25) is 0 Å². The molecule has 0 aliphatic heterocycles. The van der Waals surface area contributed by atoms with Gasteiger partial charge in [0.1, 0.15) is 17.3 Å². The van der Waals surface area contributed by atoms with Gasteiger partial charge < -0.3 is 48.0 Å². The van der Waals surface area contributed by atoms with Crippen molar-refractivity contribution < 1.29 is 75.6 Å². The SMILES string of the molecule is [Hg+2].[I-].[I-].c1ccc(C[S+](Cc2ccccc2)Cc2ccccc2)cc1. The molecule has 0 saturated heterocycles. The first kappa shape index (κ1) is 25.4. The second-order valence-corrected chi connectivity index (χ2v) is 7.59. The third-order valence-electron chi connectivity index (χ3n) is 3.64. The molecule has 0 aliphatic carbocycles. The van der Waals surface area contributed by atoms with Crippen LogP contribution in [0, 0.1) is 0 Å². The summed E-state index contributed by atoms with van der Waals surface area (Å²) in [4.78, 5) is 0. The predicted octanol–water partition coefficient (Wildman–Crippen LogP) is -0.789. The summed E-state index contributed by atoms with van der Waals surface area (Å²) < 4.78 is 0. The Morgan fingerprint density at radius 2 is 0.680 bits per heavy atom. The average molecular weight is 760 g/mol. The zero-order valence-corrected chi connectivity index (χ0v) is 24.8. The number of hydrogen-bond acceptors (Lipinski definition) is 0. The summed E-state index contributed by atoms with van der Waals surface area (Å²) >= 11 is 0. The Morgan fingerprint density at radius 3 is 0.920 bits per heavy atom. The van der Waals surface area contributed by atoms with Crippen LogP contribution in [0.4, 0.5) is 0 Å². The van der Waals surface area contributed by atoms with Gasteiger partial charge in [-0.25, -0.2) is 0 Å². The maximum Gasteiger partial charge on any atom is 2.00 e. The van der Waals surface area contributed by atoms with Crippen molar-refractivity contribution in [2.75, 3.05) is 0 Å². The maximum atomic E-state index is 2.25. The van der Waals surface area contributed by atoms with Gasteiger partial charge in [0.05, 0.1) is 0 Å². The van der Waals surface area contributed by atoms with E-state index in [0.717, 1.165) is 17.3 Å². The molecule has 0 amide bonds. The average Bonchev–Trinajstić information content (AvgIpc) is 2.57. The van der Waals surface area contributed by atoms with Crippen molar-refractivity contribution in [3.05, 3.63) is 108 Å². The van der Waals surface area contributed by atoms with Crippen molar-refractivity contribution >= 4 is 10.9 Å². The molecule has 4 heteroatoms. The fourth-order valence-corrected chi connectivity index (χ4v) is 4.88. The van der Waals surface area contributed by atoms with E-state index in [0.29, 0.717) is 10.9 Å². The third-order valence-corrected chi connectivity index (χ3v) is 5.87. The van der Waals surface area contributed by atoms with E-state index in [4.69, 9.17) is 0 Å². The van der Waals surface area contributed by atoms with Gasteiger partial charge in [-0.15, -0.1) is 0 Å².